The molecule has 0 unspecified atom stereocenters. The highest BCUT2D eigenvalue weighted by molar-refractivity contribution is 6.03. The van der Waals surface area contributed by atoms with Gasteiger partial charge in [0.2, 0.25) is 5.95 Å². The van der Waals surface area contributed by atoms with E-state index < -0.39 is 27.9 Å². The second kappa shape index (κ2) is 5.94. The summed E-state index contributed by atoms with van der Waals surface area (Å²) in [6, 6.07) is 2.67. The number of aromatic nitrogens is 3. The number of ether oxygens (including phenoxy) is 1. The average molecular weight is 295 g/mol. The van der Waals surface area contributed by atoms with E-state index in [2.05, 4.69) is 20.5 Å². The first kappa shape index (κ1) is 14.4. The highest BCUT2D eigenvalue weighted by atomic mass is 19.1. The molecule has 1 aromatic heterocycles. The van der Waals surface area contributed by atoms with E-state index in [1.165, 1.54) is 0 Å². The summed E-state index contributed by atoms with van der Waals surface area (Å²) in [6.07, 6.45) is 0. The summed E-state index contributed by atoms with van der Waals surface area (Å²) in [5.74, 6) is -1.84. The number of carbonyl (C=O) groups excluding carboxylic acids is 1. The van der Waals surface area contributed by atoms with Crippen LogP contribution in [0, 0.1) is 15.9 Å². The number of nitro groups is 1. The molecular weight excluding hydrogens is 285 g/mol. The molecule has 0 aliphatic carbocycles. The fourth-order valence-corrected chi connectivity index (χ4v) is 1.47. The molecule has 1 amide bonds. The van der Waals surface area contributed by atoms with Crippen molar-refractivity contribution in [1.82, 2.24) is 15.2 Å². The Morgan fingerprint density at radius 2 is 2.33 bits per heavy atom. The number of H-pyrrole nitrogens is 1. The lowest BCUT2D eigenvalue weighted by atomic mass is 10.2. The number of amides is 1. The van der Waals surface area contributed by atoms with Gasteiger partial charge in [0.05, 0.1) is 17.1 Å². The van der Waals surface area contributed by atoms with Crippen LogP contribution in [-0.4, -0.2) is 32.6 Å². The molecule has 1 aromatic carbocycles. The summed E-state index contributed by atoms with van der Waals surface area (Å²) in [4.78, 5) is 25.6. The Morgan fingerprint density at radius 3 is 3.00 bits per heavy atom. The monoisotopic (exact) mass is 295 g/mol. The molecule has 0 saturated carbocycles. The lowest BCUT2D eigenvalue weighted by Crippen LogP contribution is -2.15. The van der Waals surface area contributed by atoms with Crippen LogP contribution < -0.4 is 10.1 Å². The van der Waals surface area contributed by atoms with Gasteiger partial charge in [0.1, 0.15) is 5.82 Å². The predicted octanol–water partition coefficient (Wildman–Crippen LogP) is 1.50. The van der Waals surface area contributed by atoms with E-state index in [4.69, 9.17) is 4.74 Å². The van der Waals surface area contributed by atoms with Crippen molar-refractivity contribution >= 4 is 17.5 Å². The van der Waals surface area contributed by atoms with Gasteiger partial charge < -0.3 is 4.74 Å². The third kappa shape index (κ3) is 3.29. The number of aromatic amines is 1. The first-order valence-electron chi connectivity index (χ1n) is 5.81. The van der Waals surface area contributed by atoms with E-state index in [0.717, 1.165) is 18.2 Å². The summed E-state index contributed by atoms with van der Waals surface area (Å²) in [5, 5.41) is 18.9. The number of halogens is 1. The number of benzene rings is 1. The average Bonchev–Trinajstić information content (AvgIpc) is 2.86. The van der Waals surface area contributed by atoms with Crippen molar-refractivity contribution in [1.29, 1.82) is 0 Å². The van der Waals surface area contributed by atoms with Gasteiger partial charge in [-0.2, -0.15) is 4.98 Å². The van der Waals surface area contributed by atoms with Gasteiger partial charge in [-0.25, -0.2) is 9.49 Å². The van der Waals surface area contributed by atoms with Gasteiger partial charge >= 0.3 is 6.01 Å². The second-order valence-electron chi connectivity index (χ2n) is 3.77. The van der Waals surface area contributed by atoms with Gasteiger partial charge in [-0.1, -0.05) is 0 Å². The molecular formula is C11H10FN5O4. The summed E-state index contributed by atoms with van der Waals surface area (Å²) in [7, 11) is 0. The van der Waals surface area contributed by atoms with Crippen molar-refractivity contribution in [3.8, 4) is 6.01 Å². The Balaban J connectivity index is 2.19. The molecule has 1 heterocycles. The maximum absolute atomic E-state index is 13.6. The summed E-state index contributed by atoms with van der Waals surface area (Å²) in [5.41, 5.74) is -0.868. The first-order valence-corrected chi connectivity index (χ1v) is 5.81. The standard InChI is InChI=1S/C11H10FN5O4/c1-2-21-11-14-10(15-16-11)13-9(18)7-5-6(17(19)20)3-4-8(7)12/h3-5H,2H2,1H3,(H2,13,14,15,16,18). The minimum atomic E-state index is -0.893. The predicted molar refractivity (Wildman–Crippen MR) is 68.6 cm³/mol. The van der Waals surface area contributed by atoms with Crippen molar-refractivity contribution in [3.05, 3.63) is 39.7 Å². The number of non-ortho nitro benzene ring substituents is 1. The van der Waals surface area contributed by atoms with Gasteiger partial charge in [-0.3, -0.25) is 20.2 Å². The molecule has 2 aromatic rings. The Morgan fingerprint density at radius 1 is 1.57 bits per heavy atom. The Kier molecular flexibility index (Phi) is 4.07. The van der Waals surface area contributed by atoms with Crippen LogP contribution in [0.15, 0.2) is 18.2 Å². The molecule has 21 heavy (non-hydrogen) atoms. The van der Waals surface area contributed by atoms with Crippen molar-refractivity contribution in [2.24, 2.45) is 0 Å². The lowest BCUT2D eigenvalue weighted by Gasteiger charge is -2.02. The van der Waals surface area contributed by atoms with Crippen LogP contribution >= 0.6 is 0 Å². The van der Waals surface area contributed by atoms with Crippen LogP contribution in [-0.2, 0) is 0 Å². The molecule has 2 N–H and O–H groups in total. The zero-order chi connectivity index (χ0) is 15.4. The molecule has 9 nitrogen and oxygen atoms in total. The number of nitrogens with one attached hydrogen (secondary N) is 2. The first-order chi connectivity index (χ1) is 10.0. The van der Waals surface area contributed by atoms with E-state index in [1.54, 1.807) is 6.92 Å². The Hall–Kier alpha value is -3.04. The second-order valence-corrected chi connectivity index (χ2v) is 3.77. The molecule has 2 rings (SSSR count). The summed E-state index contributed by atoms with van der Waals surface area (Å²) < 4.78 is 18.5. The number of hydrogen-bond acceptors (Lipinski definition) is 6. The van der Waals surface area contributed by atoms with E-state index in [0.29, 0.717) is 6.61 Å². The maximum Gasteiger partial charge on any atom is 0.337 e. The van der Waals surface area contributed by atoms with E-state index >= 15 is 0 Å². The van der Waals surface area contributed by atoms with Crippen LogP contribution in [0.2, 0.25) is 0 Å². The maximum atomic E-state index is 13.6. The minimum absolute atomic E-state index is 0.0207. The molecule has 0 bridgehead atoms. The number of anilines is 1. The van der Waals surface area contributed by atoms with Gasteiger partial charge in [-0.15, -0.1) is 5.10 Å². The smallest absolute Gasteiger partial charge is 0.337 e. The van der Waals surface area contributed by atoms with Crippen LogP contribution in [0.5, 0.6) is 6.01 Å². The topological polar surface area (TPSA) is 123 Å². The molecule has 0 fully saturated rings. The Bertz CT molecular complexity index is 687. The quantitative estimate of drug-likeness (QED) is 0.636. The van der Waals surface area contributed by atoms with Crippen LogP contribution in [0.4, 0.5) is 16.0 Å². The highest BCUT2D eigenvalue weighted by Gasteiger charge is 2.18. The third-order valence-corrected chi connectivity index (χ3v) is 2.38. The fourth-order valence-electron chi connectivity index (χ4n) is 1.47. The SMILES string of the molecule is CCOc1n[nH]c(NC(=O)c2cc([N+](=O)[O-])ccc2F)n1. The zero-order valence-corrected chi connectivity index (χ0v) is 10.8. The molecule has 0 aliphatic rings. The summed E-state index contributed by atoms with van der Waals surface area (Å²) in [6.45, 7) is 2.07. The van der Waals surface area contributed by atoms with E-state index in [-0.39, 0.29) is 12.0 Å². The van der Waals surface area contributed by atoms with Crippen molar-refractivity contribution < 1.29 is 18.8 Å². The lowest BCUT2D eigenvalue weighted by molar-refractivity contribution is -0.384. The molecule has 10 heteroatoms. The van der Waals surface area contributed by atoms with Gasteiger partial charge in [-0.05, 0) is 13.0 Å². The summed E-state index contributed by atoms with van der Waals surface area (Å²) >= 11 is 0. The van der Waals surface area contributed by atoms with Crippen LogP contribution in [0.3, 0.4) is 0 Å². The molecule has 0 spiro atoms. The number of nitrogens with zero attached hydrogens (tertiary/aromatic N) is 3. The largest absolute Gasteiger partial charge is 0.463 e. The van der Waals surface area contributed by atoms with Crippen molar-refractivity contribution in [3.63, 3.8) is 0 Å². The minimum Gasteiger partial charge on any atom is -0.463 e. The van der Waals surface area contributed by atoms with Gasteiger partial charge in [0, 0.05) is 12.1 Å². The molecule has 110 valence electrons. The van der Waals surface area contributed by atoms with Crippen LogP contribution in [0.25, 0.3) is 0 Å². The highest BCUT2D eigenvalue weighted by Crippen LogP contribution is 2.18. The number of rotatable bonds is 5. The zero-order valence-electron chi connectivity index (χ0n) is 10.8. The van der Waals surface area contributed by atoms with Crippen molar-refractivity contribution in [2.45, 2.75) is 6.92 Å². The molecule has 0 saturated heterocycles. The fraction of sp³-hybridized carbons (Fsp3) is 0.182. The van der Waals surface area contributed by atoms with E-state index in [9.17, 15) is 19.3 Å². The number of carbonyl (C=O) groups is 1. The normalized spacial score (nSPS) is 10.2. The van der Waals surface area contributed by atoms with Crippen LogP contribution in [0.1, 0.15) is 17.3 Å². The van der Waals surface area contributed by atoms with Gasteiger partial charge in [0.25, 0.3) is 11.6 Å². The van der Waals surface area contributed by atoms with Crippen molar-refractivity contribution in [2.75, 3.05) is 11.9 Å². The van der Waals surface area contributed by atoms with Gasteiger partial charge in [0.15, 0.2) is 0 Å². The molecule has 0 radical (unpaired) electrons. The molecule has 0 atom stereocenters. The third-order valence-electron chi connectivity index (χ3n) is 2.38. The molecule has 0 aliphatic heterocycles. The Labute approximate surface area is 117 Å². The number of hydrogen-bond donors (Lipinski definition) is 2. The number of nitro benzene ring substituents is 1. The van der Waals surface area contributed by atoms with E-state index in [1.807, 2.05) is 0 Å².